The van der Waals surface area contributed by atoms with Gasteiger partial charge in [-0.1, -0.05) is 25.8 Å². The molecule has 1 aromatic rings. The van der Waals surface area contributed by atoms with Crippen LogP contribution in [0.2, 0.25) is 0 Å². The minimum atomic E-state index is 0.0451. The summed E-state index contributed by atoms with van der Waals surface area (Å²) < 4.78 is 0. The molecule has 0 aliphatic carbocycles. The third-order valence-corrected chi connectivity index (χ3v) is 4.51. The Labute approximate surface area is 151 Å². The molecule has 0 spiro atoms. The lowest BCUT2D eigenvalue weighted by Gasteiger charge is -2.29. The van der Waals surface area contributed by atoms with E-state index in [0.29, 0.717) is 12.4 Å². The Balaban J connectivity index is 2.23. The lowest BCUT2D eigenvalue weighted by atomic mass is 10.0. The lowest BCUT2D eigenvalue weighted by molar-refractivity contribution is 0.113. The number of nitrogens with zero attached hydrogens (tertiary/aromatic N) is 2. The van der Waals surface area contributed by atoms with E-state index >= 15 is 0 Å². The number of hydrogen-bond donors (Lipinski definition) is 3. The van der Waals surface area contributed by atoms with E-state index in [4.69, 9.17) is 5.73 Å². The van der Waals surface area contributed by atoms with Crippen molar-refractivity contribution in [2.75, 3.05) is 26.4 Å². The molecule has 2 rings (SSSR count). The number of nitrogens with one attached hydrogen (secondary N) is 1. The van der Waals surface area contributed by atoms with Crippen molar-refractivity contribution in [1.29, 1.82) is 0 Å². The lowest BCUT2D eigenvalue weighted by Crippen LogP contribution is -2.39. The molecule has 0 aromatic heterocycles. The number of aliphatic hydroxyl groups excluding tert-OH is 1. The summed E-state index contributed by atoms with van der Waals surface area (Å²) in [5, 5.41) is 13.0. The average Bonchev–Trinajstić information content (AvgIpc) is 2.57. The third kappa shape index (κ3) is 5.87. The highest BCUT2D eigenvalue weighted by atomic mass is 16.3. The first-order valence-electron chi connectivity index (χ1n) is 9.25. The minimum absolute atomic E-state index is 0.0451. The van der Waals surface area contributed by atoms with E-state index in [1.807, 2.05) is 17.0 Å². The summed E-state index contributed by atoms with van der Waals surface area (Å²) in [5.41, 5.74) is 11.8. The predicted molar refractivity (Wildman–Crippen MR) is 105 cm³/mol. The molecule has 0 amide bonds. The molecule has 1 aliphatic rings. The molecule has 5 nitrogen and oxygen atoms in total. The molecule has 5 heteroatoms. The number of aliphatic imine (C=N–C) groups is 1. The van der Waals surface area contributed by atoms with Crippen LogP contribution in [0.3, 0.4) is 0 Å². The van der Waals surface area contributed by atoms with Crippen molar-refractivity contribution in [2.45, 2.75) is 46.5 Å². The van der Waals surface area contributed by atoms with Crippen LogP contribution in [0.15, 0.2) is 34.5 Å². The first-order valence-corrected chi connectivity index (χ1v) is 9.25. The molecule has 1 heterocycles. The second-order valence-corrected chi connectivity index (χ2v) is 6.88. The molecule has 0 bridgehead atoms. The van der Waals surface area contributed by atoms with Crippen molar-refractivity contribution in [3.63, 3.8) is 0 Å². The average molecular weight is 345 g/mol. The van der Waals surface area contributed by atoms with Crippen molar-refractivity contribution in [3.05, 3.63) is 40.6 Å². The summed E-state index contributed by atoms with van der Waals surface area (Å²) in [4.78, 5) is 6.64. The second-order valence-electron chi connectivity index (χ2n) is 6.88. The van der Waals surface area contributed by atoms with E-state index in [-0.39, 0.29) is 6.73 Å². The summed E-state index contributed by atoms with van der Waals surface area (Å²) in [6.45, 7) is 8.82. The zero-order valence-electron chi connectivity index (χ0n) is 15.8. The van der Waals surface area contributed by atoms with Crippen LogP contribution in [0.25, 0.3) is 0 Å². The number of rotatable bonds is 8. The number of aryl methyl sites for hydroxylation is 2. The van der Waals surface area contributed by atoms with Gasteiger partial charge in [0, 0.05) is 37.3 Å². The molecule has 0 saturated carbocycles. The molecule has 4 N–H and O–H groups in total. The quantitative estimate of drug-likeness (QED) is 0.385. The number of nitrogens with two attached hydrogens (primary N) is 1. The van der Waals surface area contributed by atoms with Crippen molar-refractivity contribution in [1.82, 2.24) is 10.2 Å². The van der Waals surface area contributed by atoms with Crippen LogP contribution in [0, 0.1) is 13.8 Å². The minimum Gasteiger partial charge on any atom is -0.388 e. The van der Waals surface area contributed by atoms with E-state index in [9.17, 15) is 5.11 Å². The Morgan fingerprint density at radius 1 is 1.24 bits per heavy atom. The van der Waals surface area contributed by atoms with Crippen molar-refractivity contribution >= 4 is 11.5 Å². The Morgan fingerprint density at radius 2 is 1.96 bits per heavy atom. The smallest absolute Gasteiger partial charge is 0.130 e. The Bertz CT molecular complexity index is 616. The summed E-state index contributed by atoms with van der Waals surface area (Å²) in [5.74, 6) is 0.543. The van der Waals surface area contributed by atoms with Crippen LogP contribution < -0.4 is 11.1 Å². The summed E-state index contributed by atoms with van der Waals surface area (Å²) in [6.07, 6.45) is 4.46. The van der Waals surface area contributed by atoms with Gasteiger partial charge in [0.25, 0.3) is 0 Å². The molecule has 0 unspecified atom stereocenters. The fourth-order valence-corrected chi connectivity index (χ4v) is 3.21. The molecule has 138 valence electrons. The highest BCUT2D eigenvalue weighted by Gasteiger charge is 2.20. The Hall–Kier alpha value is -1.85. The molecule has 0 fully saturated rings. The molecule has 25 heavy (non-hydrogen) atoms. The topological polar surface area (TPSA) is 73.9 Å². The largest absolute Gasteiger partial charge is 0.388 e. The second kappa shape index (κ2) is 9.59. The van der Waals surface area contributed by atoms with E-state index in [2.05, 4.69) is 37.1 Å². The van der Waals surface area contributed by atoms with E-state index in [0.717, 1.165) is 37.2 Å². The summed E-state index contributed by atoms with van der Waals surface area (Å²) in [7, 11) is 0. The number of unbranched alkanes of at least 4 members (excludes halogenated alkanes) is 2. The van der Waals surface area contributed by atoms with E-state index in [1.165, 1.54) is 29.7 Å². The highest BCUT2D eigenvalue weighted by molar-refractivity contribution is 5.99. The van der Waals surface area contributed by atoms with Gasteiger partial charge >= 0.3 is 0 Å². The SMILES string of the molecule is CCCCCNC1=C(C(N)=Nc2cc(C)cc(C)c2)CN(CO)CC1. The first kappa shape index (κ1) is 19.5. The van der Waals surface area contributed by atoms with Gasteiger partial charge in [-0.2, -0.15) is 0 Å². The van der Waals surface area contributed by atoms with E-state index < -0.39 is 0 Å². The summed E-state index contributed by atoms with van der Waals surface area (Å²) >= 11 is 0. The van der Waals surface area contributed by atoms with Gasteiger partial charge in [-0.05, 0) is 43.5 Å². The maximum atomic E-state index is 9.49. The normalized spacial score (nSPS) is 16.4. The fraction of sp³-hybridized carbons (Fsp3) is 0.550. The Morgan fingerprint density at radius 3 is 2.60 bits per heavy atom. The number of amidine groups is 1. The van der Waals surface area contributed by atoms with Gasteiger partial charge in [-0.3, -0.25) is 4.90 Å². The Kier molecular flexibility index (Phi) is 7.47. The van der Waals surface area contributed by atoms with Gasteiger partial charge in [0.2, 0.25) is 0 Å². The third-order valence-electron chi connectivity index (χ3n) is 4.51. The predicted octanol–water partition coefficient (Wildman–Crippen LogP) is 2.98. The number of aliphatic hydroxyl groups is 1. The zero-order chi connectivity index (χ0) is 18.2. The van der Waals surface area contributed by atoms with Gasteiger partial charge in [0.1, 0.15) is 5.84 Å². The number of benzene rings is 1. The van der Waals surface area contributed by atoms with Gasteiger partial charge in [0.05, 0.1) is 12.4 Å². The first-order chi connectivity index (χ1) is 12.0. The van der Waals surface area contributed by atoms with Crippen LogP contribution in [-0.4, -0.2) is 42.2 Å². The maximum absolute atomic E-state index is 9.49. The summed E-state index contributed by atoms with van der Waals surface area (Å²) in [6, 6.07) is 6.21. The molecule has 1 aliphatic heterocycles. The van der Waals surface area contributed by atoms with Crippen LogP contribution >= 0.6 is 0 Å². The maximum Gasteiger partial charge on any atom is 0.130 e. The van der Waals surface area contributed by atoms with Crippen LogP contribution in [-0.2, 0) is 0 Å². The van der Waals surface area contributed by atoms with Crippen LogP contribution in [0.5, 0.6) is 0 Å². The van der Waals surface area contributed by atoms with Gasteiger partial charge < -0.3 is 16.2 Å². The molecule has 0 saturated heterocycles. The fourth-order valence-electron chi connectivity index (χ4n) is 3.21. The van der Waals surface area contributed by atoms with Crippen molar-refractivity contribution < 1.29 is 5.11 Å². The standard InChI is InChI=1S/C20H32N4O/c1-4-5-6-8-22-19-7-9-24(14-25)13-18(19)20(21)23-17-11-15(2)10-16(3)12-17/h10-12,22,25H,4-9,13-14H2,1-3H3,(H2,21,23). The van der Waals surface area contributed by atoms with Gasteiger partial charge in [0.15, 0.2) is 0 Å². The van der Waals surface area contributed by atoms with Crippen molar-refractivity contribution in [3.8, 4) is 0 Å². The number of hydrogen-bond acceptors (Lipinski definition) is 4. The zero-order valence-corrected chi connectivity index (χ0v) is 15.8. The van der Waals surface area contributed by atoms with E-state index in [1.54, 1.807) is 0 Å². The van der Waals surface area contributed by atoms with Crippen LogP contribution in [0.1, 0.15) is 43.7 Å². The van der Waals surface area contributed by atoms with Crippen LogP contribution in [0.4, 0.5) is 5.69 Å². The highest BCUT2D eigenvalue weighted by Crippen LogP contribution is 2.21. The van der Waals surface area contributed by atoms with Gasteiger partial charge in [-0.15, -0.1) is 0 Å². The molecule has 0 atom stereocenters. The molecular formula is C20H32N4O. The molecule has 1 aromatic carbocycles. The molecular weight excluding hydrogens is 312 g/mol. The molecule has 0 radical (unpaired) electrons. The monoisotopic (exact) mass is 344 g/mol. The van der Waals surface area contributed by atoms with Crippen molar-refractivity contribution in [2.24, 2.45) is 10.7 Å². The van der Waals surface area contributed by atoms with Gasteiger partial charge in [-0.25, -0.2) is 4.99 Å².